The van der Waals surface area contributed by atoms with E-state index in [0.29, 0.717) is 58.3 Å². The highest BCUT2D eigenvalue weighted by Crippen LogP contribution is 2.38. The number of rotatable bonds is 11. The third-order valence-corrected chi connectivity index (χ3v) is 7.51. The number of urea groups is 1. The molecular weight excluding hydrogens is 544 g/mol. The molecule has 1 saturated heterocycles. The van der Waals surface area contributed by atoms with Gasteiger partial charge in [0.25, 0.3) is 0 Å². The molecule has 1 fully saturated rings. The van der Waals surface area contributed by atoms with Crippen molar-refractivity contribution in [3.63, 3.8) is 0 Å². The summed E-state index contributed by atoms with van der Waals surface area (Å²) in [6, 6.07) is 10.3. The maximum Gasteiger partial charge on any atom is 0.319 e. The number of aromatic nitrogens is 1. The first-order valence-corrected chi connectivity index (χ1v) is 14.5. The van der Waals surface area contributed by atoms with Crippen molar-refractivity contribution in [3.8, 4) is 23.0 Å². The molecule has 41 heavy (non-hydrogen) atoms. The number of benzene rings is 2. The number of carbonyl (C=O) groups excluding carboxylic acids is 1. The summed E-state index contributed by atoms with van der Waals surface area (Å²) in [5.74, 6) is 2.72. The number of pyridine rings is 1. The number of amides is 2. The Morgan fingerprint density at radius 2 is 1.90 bits per heavy atom. The SMILES string of the molecule is COc1cc2c(Oc3ccc(NC(=O)NCCC(C)(C)C)c(Cl)c3)ccnc2cc1OCCN1CCC(CO)CC1. The number of hydrogen-bond acceptors (Lipinski definition) is 7. The van der Waals surface area contributed by atoms with E-state index in [9.17, 15) is 9.90 Å². The molecule has 3 aromatic rings. The van der Waals surface area contributed by atoms with Gasteiger partial charge in [0.15, 0.2) is 11.5 Å². The van der Waals surface area contributed by atoms with Gasteiger partial charge in [-0.15, -0.1) is 0 Å². The van der Waals surface area contributed by atoms with Gasteiger partial charge < -0.3 is 30.0 Å². The van der Waals surface area contributed by atoms with E-state index in [4.69, 9.17) is 25.8 Å². The zero-order chi connectivity index (χ0) is 29.4. The summed E-state index contributed by atoms with van der Waals surface area (Å²) in [7, 11) is 1.61. The molecule has 10 heteroatoms. The van der Waals surface area contributed by atoms with E-state index < -0.39 is 0 Å². The third-order valence-electron chi connectivity index (χ3n) is 7.19. The van der Waals surface area contributed by atoms with Crippen LogP contribution in [0.3, 0.4) is 0 Å². The fourth-order valence-electron chi connectivity index (χ4n) is 4.67. The first-order chi connectivity index (χ1) is 19.6. The molecule has 0 bridgehead atoms. The molecular formula is C31H41ClN4O5. The molecule has 1 aliphatic rings. The lowest BCUT2D eigenvalue weighted by atomic mass is 9.92. The number of halogens is 1. The average molecular weight is 585 g/mol. The van der Waals surface area contributed by atoms with Gasteiger partial charge in [-0.3, -0.25) is 9.88 Å². The summed E-state index contributed by atoms with van der Waals surface area (Å²) in [5, 5.41) is 16.1. The smallest absolute Gasteiger partial charge is 0.319 e. The fourth-order valence-corrected chi connectivity index (χ4v) is 4.89. The highest BCUT2D eigenvalue weighted by Gasteiger charge is 2.19. The Labute approximate surface area is 247 Å². The van der Waals surface area contributed by atoms with E-state index in [1.165, 1.54) is 0 Å². The molecule has 0 radical (unpaired) electrons. The molecule has 222 valence electrons. The van der Waals surface area contributed by atoms with Gasteiger partial charge >= 0.3 is 6.03 Å². The van der Waals surface area contributed by atoms with Gasteiger partial charge in [0.1, 0.15) is 18.1 Å². The number of methoxy groups -OCH3 is 1. The van der Waals surface area contributed by atoms with Gasteiger partial charge in [0.05, 0.1) is 23.3 Å². The normalized spacial score (nSPS) is 14.6. The first-order valence-electron chi connectivity index (χ1n) is 14.1. The van der Waals surface area contributed by atoms with Gasteiger partial charge in [-0.25, -0.2) is 4.79 Å². The van der Waals surface area contributed by atoms with Gasteiger partial charge in [-0.2, -0.15) is 0 Å². The molecule has 0 saturated carbocycles. The molecule has 0 aliphatic carbocycles. The van der Waals surface area contributed by atoms with Crippen LogP contribution in [0.15, 0.2) is 42.6 Å². The highest BCUT2D eigenvalue weighted by molar-refractivity contribution is 6.33. The molecule has 0 spiro atoms. The van der Waals surface area contributed by atoms with Gasteiger partial charge in [-0.05, 0) is 68.0 Å². The van der Waals surface area contributed by atoms with Crippen molar-refractivity contribution in [1.82, 2.24) is 15.2 Å². The molecule has 9 nitrogen and oxygen atoms in total. The highest BCUT2D eigenvalue weighted by atomic mass is 35.5. The molecule has 4 rings (SSSR count). The van der Waals surface area contributed by atoms with Gasteiger partial charge in [0.2, 0.25) is 0 Å². The van der Waals surface area contributed by atoms with Crippen molar-refractivity contribution in [2.24, 2.45) is 11.3 Å². The molecule has 0 unspecified atom stereocenters. The minimum absolute atomic E-state index is 0.138. The summed E-state index contributed by atoms with van der Waals surface area (Å²) >= 11 is 6.47. The topological polar surface area (TPSA) is 105 Å². The number of ether oxygens (including phenoxy) is 3. The van der Waals surface area contributed by atoms with Crippen LogP contribution < -0.4 is 24.8 Å². The Bertz CT molecular complexity index is 1320. The van der Waals surface area contributed by atoms with Crippen LogP contribution in [0, 0.1) is 11.3 Å². The van der Waals surface area contributed by atoms with Crippen molar-refractivity contribution in [2.45, 2.75) is 40.0 Å². The van der Waals surface area contributed by atoms with Gasteiger partial charge in [0, 0.05) is 43.4 Å². The van der Waals surface area contributed by atoms with E-state index in [2.05, 4.69) is 41.3 Å². The van der Waals surface area contributed by atoms with Crippen LogP contribution in [-0.2, 0) is 0 Å². The van der Waals surface area contributed by atoms with Crippen LogP contribution in [-0.4, -0.2) is 67.5 Å². The average Bonchev–Trinajstić information content (AvgIpc) is 2.94. The second-order valence-electron chi connectivity index (χ2n) is 11.6. The fraction of sp³-hybridized carbons (Fsp3) is 0.484. The van der Waals surface area contributed by atoms with Crippen LogP contribution in [0.2, 0.25) is 5.02 Å². The van der Waals surface area contributed by atoms with Crippen LogP contribution >= 0.6 is 11.6 Å². The van der Waals surface area contributed by atoms with E-state index in [-0.39, 0.29) is 18.1 Å². The number of aliphatic hydroxyl groups excluding tert-OH is 1. The molecule has 2 aromatic carbocycles. The van der Waals surface area contributed by atoms with Gasteiger partial charge in [-0.1, -0.05) is 32.4 Å². The number of hydrogen-bond donors (Lipinski definition) is 3. The Morgan fingerprint density at radius 1 is 1.12 bits per heavy atom. The summed E-state index contributed by atoms with van der Waals surface area (Å²) in [6.45, 7) is 10.5. The largest absolute Gasteiger partial charge is 0.493 e. The summed E-state index contributed by atoms with van der Waals surface area (Å²) in [5.41, 5.74) is 1.34. The standard InChI is InChI=1S/C31H41ClN4O5/c1-31(2,3)10-12-34-30(38)35-25-6-5-22(17-24(25)32)41-27-7-11-33-26-19-29(28(39-4)18-23(26)27)40-16-15-36-13-8-21(20-37)9-14-36/h5-7,11,17-19,21,37H,8-10,12-16,20H2,1-4H3,(H2,34,35,38). The Morgan fingerprint density at radius 3 is 2.59 bits per heavy atom. The lowest BCUT2D eigenvalue weighted by Crippen LogP contribution is -2.37. The number of fused-ring (bicyclic) bond motifs is 1. The number of likely N-dealkylation sites (tertiary alicyclic amines) is 1. The maximum atomic E-state index is 12.3. The predicted molar refractivity (Wildman–Crippen MR) is 163 cm³/mol. The minimum atomic E-state index is -0.304. The second-order valence-corrected chi connectivity index (χ2v) is 12.0. The maximum absolute atomic E-state index is 12.3. The molecule has 1 aliphatic heterocycles. The lowest BCUT2D eigenvalue weighted by molar-refractivity contribution is 0.118. The van der Waals surface area contributed by atoms with Crippen molar-refractivity contribution in [3.05, 3.63) is 47.6 Å². The van der Waals surface area contributed by atoms with Crippen LogP contribution in [0.25, 0.3) is 10.9 Å². The number of nitrogens with zero attached hydrogens (tertiary/aromatic N) is 2. The molecule has 1 aromatic heterocycles. The van der Waals surface area contributed by atoms with Crippen LogP contribution in [0.5, 0.6) is 23.0 Å². The van der Waals surface area contributed by atoms with Crippen molar-refractivity contribution in [1.29, 1.82) is 0 Å². The Balaban J connectivity index is 1.39. The number of nitrogens with one attached hydrogen (secondary N) is 2. The number of anilines is 1. The monoisotopic (exact) mass is 584 g/mol. The summed E-state index contributed by atoms with van der Waals surface area (Å²) < 4.78 is 17.9. The van der Waals surface area contributed by atoms with Crippen molar-refractivity contribution in [2.75, 3.05) is 51.8 Å². The van der Waals surface area contributed by atoms with E-state index in [1.54, 1.807) is 37.6 Å². The third kappa shape index (κ3) is 8.86. The first kappa shape index (κ1) is 30.7. The Kier molecular flexibility index (Phi) is 10.5. The quantitative estimate of drug-likeness (QED) is 0.242. The molecule has 2 heterocycles. The zero-order valence-electron chi connectivity index (χ0n) is 24.3. The Hall–Kier alpha value is -3.27. The summed E-state index contributed by atoms with van der Waals surface area (Å²) in [4.78, 5) is 19.1. The van der Waals surface area contributed by atoms with E-state index in [1.807, 2.05) is 12.1 Å². The van der Waals surface area contributed by atoms with E-state index in [0.717, 1.165) is 44.3 Å². The molecule has 0 atom stereocenters. The molecule has 3 N–H and O–H groups in total. The van der Waals surface area contributed by atoms with Crippen molar-refractivity contribution < 1.29 is 24.1 Å². The number of piperidine rings is 1. The van der Waals surface area contributed by atoms with Crippen LogP contribution in [0.4, 0.5) is 10.5 Å². The number of aliphatic hydroxyl groups is 1. The van der Waals surface area contributed by atoms with Crippen molar-refractivity contribution >= 4 is 34.2 Å². The second kappa shape index (κ2) is 14.1. The minimum Gasteiger partial charge on any atom is -0.493 e. The zero-order valence-corrected chi connectivity index (χ0v) is 25.1. The van der Waals surface area contributed by atoms with E-state index >= 15 is 0 Å². The predicted octanol–water partition coefficient (Wildman–Crippen LogP) is 6.33. The lowest BCUT2D eigenvalue weighted by Gasteiger charge is -2.30. The number of carbonyl (C=O) groups is 1. The van der Waals surface area contributed by atoms with Crippen LogP contribution in [0.1, 0.15) is 40.0 Å². The molecule has 2 amide bonds. The summed E-state index contributed by atoms with van der Waals surface area (Å²) in [6.07, 6.45) is 4.57.